The number of hydrogen-bond donors (Lipinski definition) is 2. The Morgan fingerprint density at radius 1 is 1.61 bits per heavy atom. The van der Waals surface area contributed by atoms with Crippen molar-refractivity contribution in [1.29, 1.82) is 0 Å². The van der Waals surface area contributed by atoms with Crippen molar-refractivity contribution in [3.05, 3.63) is 23.2 Å². The second kappa shape index (κ2) is 4.73. The van der Waals surface area contributed by atoms with E-state index < -0.39 is 5.97 Å². The Balaban J connectivity index is 2.09. The van der Waals surface area contributed by atoms with Crippen molar-refractivity contribution in [3.63, 3.8) is 0 Å². The number of nitrogens with two attached hydrogens (primary N) is 1. The molecule has 0 aliphatic carbocycles. The third kappa shape index (κ3) is 2.33. The Hall–Kier alpha value is -1.96. The first-order chi connectivity index (χ1) is 8.49. The third-order valence-electron chi connectivity index (χ3n) is 2.38. The molecule has 0 bridgehead atoms. The summed E-state index contributed by atoms with van der Waals surface area (Å²) < 4.78 is 6.89. The van der Waals surface area contributed by atoms with Gasteiger partial charge in [0.25, 0.3) is 0 Å². The van der Waals surface area contributed by atoms with Crippen molar-refractivity contribution in [1.82, 2.24) is 14.8 Å². The van der Waals surface area contributed by atoms with E-state index in [1.807, 2.05) is 0 Å². The van der Waals surface area contributed by atoms with Gasteiger partial charge in [-0.1, -0.05) is 11.8 Å². The van der Waals surface area contributed by atoms with Crippen molar-refractivity contribution in [2.24, 2.45) is 7.05 Å². The Kier molecular flexibility index (Phi) is 3.28. The number of thioether (sulfide) groups is 1. The first-order valence-corrected chi connectivity index (χ1v) is 6.08. The van der Waals surface area contributed by atoms with E-state index in [1.54, 1.807) is 24.6 Å². The van der Waals surface area contributed by atoms with Crippen LogP contribution in [-0.2, 0) is 12.8 Å². The van der Waals surface area contributed by atoms with Crippen LogP contribution in [0.3, 0.4) is 0 Å². The van der Waals surface area contributed by atoms with Crippen molar-refractivity contribution < 1.29 is 14.3 Å². The van der Waals surface area contributed by atoms with Gasteiger partial charge >= 0.3 is 5.97 Å². The molecule has 2 heterocycles. The Bertz CT molecular complexity index is 590. The van der Waals surface area contributed by atoms with E-state index in [4.69, 9.17) is 15.3 Å². The molecule has 0 aliphatic heterocycles. The highest BCUT2D eigenvalue weighted by Gasteiger charge is 2.15. The predicted molar refractivity (Wildman–Crippen MR) is 65.4 cm³/mol. The number of carboxylic acids is 1. The zero-order valence-electron chi connectivity index (χ0n) is 9.88. The van der Waals surface area contributed by atoms with Crippen LogP contribution < -0.4 is 5.73 Å². The van der Waals surface area contributed by atoms with Crippen LogP contribution in [0.1, 0.15) is 21.9 Å². The van der Waals surface area contributed by atoms with Gasteiger partial charge in [-0.3, -0.25) is 4.57 Å². The molecule has 0 radical (unpaired) electrons. The molecule has 8 heteroatoms. The van der Waals surface area contributed by atoms with Gasteiger partial charge in [0, 0.05) is 12.6 Å². The highest BCUT2D eigenvalue weighted by atomic mass is 32.2. The monoisotopic (exact) mass is 268 g/mol. The second-order valence-corrected chi connectivity index (χ2v) is 4.66. The van der Waals surface area contributed by atoms with E-state index in [-0.39, 0.29) is 5.76 Å². The molecule has 3 N–H and O–H groups in total. The Morgan fingerprint density at radius 2 is 2.33 bits per heavy atom. The van der Waals surface area contributed by atoms with Gasteiger partial charge in [-0.2, -0.15) is 0 Å². The van der Waals surface area contributed by atoms with Crippen LogP contribution in [0.25, 0.3) is 0 Å². The predicted octanol–water partition coefficient (Wildman–Crippen LogP) is 1.29. The Morgan fingerprint density at radius 3 is 2.83 bits per heavy atom. The standard InChI is InChI=1S/C10H12N4O3S/c1-5-3-6(17-7(5)8(15)16)4-18-10-13-12-9(11)14(10)2/h3H,4H2,1-2H3,(H2,11,12)(H,15,16). The van der Waals surface area contributed by atoms with E-state index in [0.717, 1.165) is 0 Å². The van der Waals surface area contributed by atoms with Crippen LogP contribution >= 0.6 is 11.8 Å². The summed E-state index contributed by atoms with van der Waals surface area (Å²) in [6.07, 6.45) is 0. The summed E-state index contributed by atoms with van der Waals surface area (Å²) in [5.74, 6) is 0.297. The molecule has 0 amide bonds. The molecule has 2 aromatic heterocycles. The lowest BCUT2D eigenvalue weighted by molar-refractivity contribution is 0.0659. The minimum Gasteiger partial charge on any atom is -0.475 e. The van der Waals surface area contributed by atoms with Crippen molar-refractivity contribution in [3.8, 4) is 0 Å². The number of nitrogens with zero attached hydrogens (tertiary/aromatic N) is 3. The molecule has 0 fully saturated rings. The van der Waals surface area contributed by atoms with Crippen LogP contribution in [0, 0.1) is 6.92 Å². The average Bonchev–Trinajstić information content (AvgIpc) is 2.82. The second-order valence-electron chi connectivity index (χ2n) is 3.72. The van der Waals surface area contributed by atoms with Crippen molar-refractivity contribution in [2.45, 2.75) is 17.8 Å². The fraction of sp³-hybridized carbons (Fsp3) is 0.300. The molecule has 7 nitrogen and oxygen atoms in total. The first-order valence-electron chi connectivity index (χ1n) is 5.09. The average molecular weight is 268 g/mol. The van der Waals surface area contributed by atoms with Gasteiger partial charge in [0.2, 0.25) is 11.7 Å². The SMILES string of the molecule is Cc1cc(CSc2nnc(N)n2C)oc1C(=O)O. The number of aromatic nitrogens is 3. The van der Waals surface area contributed by atoms with Gasteiger partial charge < -0.3 is 15.3 Å². The number of aromatic carboxylic acids is 1. The molecule has 2 rings (SSSR count). The van der Waals surface area contributed by atoms with Gasteiger partial charge in [0.1, 0.15) is 5.76 Å². The van der Waals surface area contributed by atoms with Crippen molar-refractivity contribution in [2.75, 3.05) is 5.73 Å². The van der Waals surface area contributed by atoms with Gasteiger partial charge in [0.05, 0.1) is 5.75 Å². The molecule has 2 aromatic rings. The van der Waals surface area contributed by atoms with E-state index >= 15 is 0 Å². The van der Waals surface area contributed by atoms with E-state index in [1.165, 1.54) is 11.8 Å². The molecular formula is C10H12N4O3S. The summed E-state index contributed by atoms with van der Waals surface area (Å²) >= 11 is 1.38. The largest absolute Gasteiger partial charge is 0.475 e. The van der Waals surface area contributed by atoms with Crippen LogP contribution in [0.4, 0.5) is 5.95 Å². The quantitative estimate of drug-likeness (QED) is 0.804. The fourth-order valence-electron chi connectivity index (χ4n) is 1.42. The lowest BCUT2D eigenvalue weighted by atomic mass is 10.3. The van der Waals surface area contributed by atoms with Crippen LogP contribution in [0.5, 0.6) is 0 Å². The molecular weight excluding hydrogens is 256 g/mol. The molecule has 0 aliphatic rings. The number of carboxylic acid groups (broad SMARTS) is 1. The van der Waals surface area contributed by atoms with Gasteiger partial charge in [-0.15, -0.1) is 10.2 Å². The smallest absolute Gasteiger partial charge is 0.372 e. The maximum Gasteiger partial charge on any atom is 0.372 e. The topological polar surface area (TPSA) is 107 Å². The fourth-order valence-corrected chi connectivity index (χ4v) is 2.22. The zero-order chi connectivity index (χ0) is 13.3. The van der Waals surface area contributed by atoms with E-state index in [0.29, 0.717) is 28.2 Å². The lowest BCUT2D eigenvalue weighted by Crippen LogP contribution is -1.98. The molecule has 0 saturated heterocycles. The maximum atomic E-state index is 10.8. The summed E-state index contributed by atoms with van der Waals surface area (Å²) in [4.78, 5) is 10.8. The number of aryl methyl sites for hydroxylation is 1. The van der Waals surface area contributed by atoms with Gasteiger partial charge in [0.15, 0.2) is 5.16 Å². The summed E-state index contributed by atoms with van der Waals surface area (Å²) in [5.41, 5.74) is 6.16. The highest BCUT2D eigenvalue weighted by Crippen LogP contribution is 2.24. The third-order valence-corrected chi connectivity index (χ3v) is 3.42. The lowest BCUT2D eigenvalue weighted by Gasteiger charge is -1.98. The number of carbonyl (C=O) groups is 1. The molecule has 0 atom stereocenters. The molecule has 96 valence electrons. The van der Waals surface area contributed by atoms with Crippen molar-refractivity contribution >= 4 is 23.7 Å². The molecule has 0 saturated carbocycles. The number of hydrogen-bond acceptors (Lipinski definition) is 6. The summed E-state index contributed by atoms with van der Waals surface area (Å²) in [6.45, 7) is 1.70. The maximum absolute atomic E-state index is 10.8. The number of nitrogen functional groups attached to an aromatic ring is 1. The number of anilines is 1. The van der Waals surface area contributed by atoms with Crippen LogP contribution in [-0.4, -0.2) is 25.8 Å². The molecule has 18 heavy (non-hydrogen) atoms. The van der Waals surface area contributed by atoms with E-state index in [9.17, 15) is 4.79 Å². The zero-order valence-corrected chi connectivity index (χ0v) is 10.7. The van der Waals surface area contributed by atoms with Crippen LogP contribution in [0.2, 0.25) is 0 Å². The highest BCUT2D eigenvalue weighted by molar-refractivity contribution is 7.98. The van der Waals surface area contributed by atoms with Gasteiger partial charge in [-0.25, -0.2) is 4.79 Å². The normalized spacial score (nSPS) is 10.8. The minimum atomic E-state index is -1.06. The Labute approximate surface area is 107 Å². The minimum absolute atomic E-state index is 0.0249. The first kappa shape index (κ1) is 12.5. The molecule has 0 spiro atoms. The van der Waals surface area contributed by atoms with E-state index in [2.05, 4.69) is 10.2 Å². The summed E-state index contributed by atoms with van der Waals surface area (Å²) in [5, 5.41) is 17.1. The number of rotatable bonds is 4. The van der Waals surface area contributed by atoms with Crippen LogP contribution in [0.15, 0.2) is 15.6 Å². The molecule has 0 aromatic carbocycles. The summed E-state index contributed by atoms with van der Waals surface area (Å²) in [6, 6.07) is 1.70. The number of furan rings is 1. The molecule has 0 unspecified atom stereocenters. The summed E-state index contributed by atoms with van der Waals surface area (Å²) in [7, 11) is 1.76. The van der Waals surface area contributed by atoms with Gasteiger partial charge in [-0.05, 0) is 13.0 Å².